The highest BCUT2D eigenvalue weighted by atomic mass is 35.5. The molecule has 1 unspecified atom stereocenters. The monoisotopic (exact) mass is 350 g/mol. The smallest absolute Gasteiger partial charge is 0.317 e. The van der Waals surface area contributed by atoms with Crippen LogP contribution in [0, 0.1) is 0 Å². The van der Waals surface area contributed by atoms with Gasteiger partial charge in [-0.1, -0.05) is 23.7 Å². The number of carbonyl (C=O) groups is 1. The molecule has 1 N–H and O–H groups in total. The minimum absolute atomic E-state index is 0.00876. The highest BCUT2D eigenvalue weighted by Crippen LogP contribution is 2.28. The lowest BCUT2D eigenvalue weighted by atomic mass is 9.98. The van der Waals surface area contributed by atoms with Crippen molar-refractivity contribution in [1.29, 1.82) is 0 Å². The SMILES string of the molecule is COc1ccc(C2CCN(C(=O)NCc3ccc(Cl)s3)C2)cc1. The fourth-order valence-electron chi connectivity index (χ4n) is 2.81. The molecule has 1 fully saturated rings. The summed E-state index contributed by atoms with van der Waals surface area (Å²) in [5.41, 5.74) is 1.26. The van der Waals surface area contributed by atoms with Gasteiger partial charge in [-0.2, -0.15) is 0 Å². The van der Waals surface area contributed by atoms with Crippen LogP contribution in [0.5, 0.6) is 5.75 Å². The number of carbonyl (C=O) groups excluding carboxylic acids is 1. The van der Waals surface area contributed by atoms with E-state index in [9.17, 15) is 4.79 Å². The van der Waals surface area contributed by atoms with E-state index in [1.54, 1.807) is 7.11 Å². The molecule has 0 aliphatic carbocycles. The number of urea groups is 1. The van der Waals surface area contributed by atoms with Crippen molar-refractivity contribution < 1.29 is 9.53 Å². The average Bonchev–Trinajstić information content (AvgIpc) is 3.22. The first kappa shape index (κ1) is 16.1. The van der Waals surface area contributed by atoms with Gasteiger partial charge in [0.2, 0.25) is 0 Å². The minimum Gasteiger partial charge on any atom is -0.497 e. The first-order valence-electron chi connectivity index (χ1n) is 7.56. The summed E-state index contributed by atoms with van der Waals surface area (Å²) < 4.78 is 5.93. The Labute approximate surface area is 145 Å². The van der Waals surface area contributed by atoms with Crippen LogP contribution in [0.2, 0.25) is 4.34 Å². The summed E-state index contributed by atoms with van der Waals surface area (Å²) in [6, 6.07) is 11.9. The Morgan fingerprint density at radius 2 is 2.13 bits per heavy atom. The molecule has 1 aliphatic rings. The van der Waals surface area contributed by atoms with E-state index in [4.69, 9.17) is 16.3 Å². The Kier molecular flexibility index (Phi) is 5.08. The predicted molar refractivity (Wildman–Crippen MR) is 93.5 cm³/mol. The van der Waals surface area contributed by atoms with Crippen LogP contribution in [0.3, 0.4) is 0 Å². The summed E-state index contributed by atoms with van der Waals surface area (Å²) in [6.07, 6.45) is 0.991. The van der Waals surface area contributed by atoms with E-state index in [1.165, 1.54) is 16.9 Å². The van der Waals surface area contributed by atoms with E-state index in [1.807, 2.05) is 29.2 Å². The van der Waals surface area contributed by atoms with Crippen molar-refractivity contribution in [2.24, 2.45) is 0 Å². The summed E-state index contributed by atoms with van der Waals surface area (Å²) in [4.78, 5) is 15.2. The summed E-state index contributed by atoms with van der Waals surface area (Å²) in [5.74, 6) is 1.25. The number of ether oxygens (including phenoxy) is 1. The van der Waals surface area contributed by atoms with Gasteiger partial charge in [0.1, 0.15) is 5.75 Å². The molecular weight excluding hydrogens is 332 g/mol. The molecule has 0 radical (unpaired) electrons. The Bertz CT molecular complexity index is 671. The Hall–Kier alpha value is -1.72. The number of halogens is 1. The minimum atomic E-state index is -0.00876. The normalized spacial score (nSPS) is 17.3. The van der Waals surface area contributed by atoms with E-state index < -0.39 is 0 Å². The molecule has 1 saturated heterocycles. The second-order valence-corrected chi connectivity index (χ2v) is 7.37. The number of methoxy groups -OCH3 is 1. The van der Waals surface area contributed by atoms with Crippen LogP contribution < -0.4 is 10.1 Å². The quantitative estimate of drug-likeness (QED) is 0.901. The van der Waals surface area contributed by atoms with Crippen molar-refractivity contribution in [3.8, 4) is 5.75 Å². The van der Waals surface area contributed by atoms with E-state index in [2.05, 4.69) is 17.4 Å². The van der Waals surface area contributed by atoms with E-state index in [0.29, 0.717) is 12.5 Å². The van der Waals surface area contributed by atoms with Crippen LogP contribution in [-0.2, 0) is 6.54 Å². The van der Waals surface area contributed by atoms with Gasteiger partial charge in [0.25, 0.3) is 0 Å². The average molecular weight is 351 g/mol. The summed E-state index contributed by atoms with van der Waals surface area (Å²) in [5, 5.41) is 2.96. The molecule has 0 spiro atoms. The Morgan fingerprint density at radius 1 is 1.35 bits per heavy atom. The van der Waals surface area contributed by atoms with Crippen LogP contribution in [0.15, 0.2) is 36.4 Å². The molecule has 2 aromatic rings. The molecule has 3 rings (SSSR count). The first-order chi connectivity index (χ1) is 11.2. The number of hydrogen-bond acceptors (Lipinski definition) is 3. The van der Waals surface area contributed by atoms with Crippen molar-refractivity contribution in [1.82, 2.24) is 10.2 Å². The molecule has 6 heteroatoms. The van der Waals surface area contributed by atoms with Crippen LogP contribution in [0.4, 0.5) is 4.79 Å². The molecule has 23 heavy (non-hydrogen) atoms. The van der Waals surface area contributed by atoms with Crippen molar-refractivity contribution in [3.05, 3.63) is 51.2 Å². The van der Waals surface area contributed by atoms with Gasteiger partial charge < -0.3 is 15.0 Å². The van der Waals surface area contributed by atoms with Crippen molar-refractivity contribution in [3.63, 3.8) is 0 Å². The van der Waals surface area contributed by atoms with Crippen molar-refractivity contribution in [2.75, 3.05) is 20.2 Å². The summed E-state index contributed by atoms with van der Waals surface area (Å²) in [7, 11) is 1.66. The lowest BCUT2D eigenvalue weighted by molar-refractivity contribution is 0.208. The number of thiophene rings is 1. The number of likely N-dealkylation sites (tertiary alicyclic amines) is 1. The zero-order valence-electron chi connectivity index (χ0n) is 12.9. The molecule has 1 aliphatic heterocycles. The lowest BCUT2D eigenvalue weighted by Gasteiger charge is -2.17. The topological polar surface area (TPSA) is 41.6 Å². The van der Waals surface area contributed by atoms with Crippen molar-refractivity contribution >= 4 is 29.0 Å². The number of amides is 2. The van der Waals surface area contributed by atoms with Crippen molar-refractivity contribution in [2.45, 2.75) is 18.9 Å². The van der Waals surface area contributed by atoms with Gasteiger partial charge in [0.05, 0.1) is 18.0 Å². The fourth-order valence-corrected chi connectivity index (χ4v) is 3.84. The molecule has 1 atom stereocenters. The summed E-state index contributed by atoms with van der Waals surface area (Å²) >= 11 is 7.39. The molecule has 2 heterocycles. The number of nitrogens with zero attached hydrogens (tertiary/aromatic N) is 1. The van der Waals surface area contributed by atoms with Gasteiger partial charge in [0, 0.05) is 23.9 Å². The number of nitrogens with one attached hydrogen (secondary N) is 1. The van der Waals surface area contributed by atoms with E-state index in [0.717, 1.165) is 34.5 Å². The maximum atomic E-state index is 12.3. The van der Waals surface area contributed by atoms with E-state index in [-0.39, 0.29) is 6.03 Å². The van der Waals surface area contributed by atoms with Gasteiger partial charge in [-0.15, -0.1) is 11.3 Å². The van der Waals surface area contributed by atoms with Gasteiger partial charge in [0.15, 0.2) is 0 Å². The lowest BCUT2D eigenvalue weighted by Crippen LogP contribution is -2.37. The molecule has 122 valence electrons. The molecule has 1 aromatic carbocycles. The number of benzene rings is 1. The van der Waals surface area contributed by atoms with Crippen LogP contribution in [-0.4, -0.2) is 31.1 Å². The Morgan fingerprint density at radius 3 is 2.78 bits per heavy atom. The third-order valence-electron chi connectivity index (χ3n) is 4.11. The molecule has 0 bridgehead atoms. The maximum absolute atomic E-state index is 12.3. The standard InChI is InChI=1S/C17H19ClN2O2S/c1-22-14-4-2-12(3-5-14)13-8-9-20(11-13)17(21)19-10-15-6-7-16(18)23-15/h2-7,13H,8-11H2,1H3,(H,19,21). The highest BCUT2D eigenvalue weighted by molar-refractivity contribution is 7.16. The van der Waals surface area contributed by atoms with E-state index >= 15 is 0 Å². The van der Waals surface area contributed by atoms with Crippen LogP contribution >= 0.6 is 22.9 Å². The Balaban J connectivity index is 1.52. The highest BCUT2D eigenvalue weighted by Gasteiger charge is 2.27. The third-order valence-corrected chi connectivity index (χ3v) is 5.34. The van der Waals surface area contributed by atoms with Gasteiger partial charge in [-0.05, 0) is 36.2 Å². The third kappa shape index (κ3) is 3.98. The maximum Gasteiger partial charge on any atom is 0.317 e. The number of hydrogen-bond donors (Lipinski definition) is 1. The predicted octanol–water partition coefficient (Wildman–Crippen LogP) is 4.11. The van der Waals surface area contributed by atoms with Gasteiger partial charge in [-0.3, -0.25) is 0 Å². The van der Waals surface area contributed by atoms with Gasteiger partial charge in [-0.25, -0.2) is 4.79 Å². The molecule has 4 nitrogen and oxygen atoms in total. The second-order valence-electron chi connectivity index (χ2n) is 5.57. The summed E-state index contributed by atoms with van der Waals surface area (Å²) in [6.45, 7) is 2.07. The van der Waals surface area contributed by atoms with Gasteiger partial charge >= 0.3 is 6.03 Å². The molecular formula is C17H19ClN2O2S. The zero-order chi connectivity index (χ0) is 16.2. The zero-order valence-corrected chi connectivity index (χ0v) is 14.5. The van der Waals surface area contributed by atoms with Crippen LogP contribution in [0.25, 0.3) is 0 Å². The molecule has 0 saturated carbocycles. The fraction of sp³-hybridized carbons (Fsp3) is 0.353. The molecule has 2 amide bonds. The largest absolute Gasteiger partial charge is 0.497 e. The number of rotatable bonds is 4. The second kappa shape index (κ2) is 7.23. The first-order valence-corrected chi connectivity index (χ1v) is 8.76. The molecule has 1 aromatic heterocycles. The van der Waals surface area contributed by atoms with Crippen LogP contribution in [0.1, 0.15) is 22.8 Å².